The number of hydrogen-bond donors (Lipinski definition) is 2. The smallest absolute Gasteiger partial charge is 0.261 e. The highest BCUT2D eigenvalue weighted by Gasteiger charge is 2.42. The molecule has 2 heterocycles. The summed E-state index contributed by atoms with van der Waals surface area (Å²) in [5.41, 5.74) is 4.62. The van der Waals surface area contributed by atoms with Crippen LogP contribution in [-0.2, 0) is 4.79 Å². The van der Waals surface area contributed by atoms with Gasteiger partial charge in [-0.15, -0.1) is 0 Å². The summed E-state index contributed by atoms with van der Waals surface area (Å²) >= 11 is 5.96. The number of carbonyl (C=O) groups is 2. The fourth-order valence-corrected chi connectivity index (χ4v) is 4.79. The molecule has 7 heteroatoms. The van der Waals surface area contributed by atoms with Crippen molar-refractivity contribution in [3.63, 3.8) is 0 Å². The van der Waals surface area contributed by atoms with Crippen LogP contribution in [0.5, 0.6) is 0 Å². The van der Waals surface area contributed by atoms with Gasteiger partial charge >= 0.3 is 0 Å². The largest absolute Gasteiger partial charge is 0.343 e. The third kappa shape index (κ3) is 3.95. The van der Waals surface area contributed by atoms with Crippen molar-refractivity contribution in [2.24, 2.45) is 5.41 Å². The van der Waals surface area contributed by atoms with Gasteiger partial charge < -0.3 is 10.6 Å². The van der Waals surface area contributed by atoms with Crippen LogP contribution in [0.2, 0.25) is 5.02 Å². The number of carbonyl (C=O) groups excluding carboxylic acids is 2. The summed E-state index contributed by atoms with van der Waals surface area (Å²) in [6.45, 7) is 6.22. The van der Waals surface area contributed by atoms with Crippen molar-refractivity contribution in [2.45, 2.75) is 39.7 Å². The summed E-state index contributed by atoms with van der Waals surface area (Å²) in [7, 11) is 0. The van der Waals surface area contributed by atoms with Crippen LogP contribution in [-0.4, -0.2) is 21.5 Å². The molecule has 2 aliphatic rings. The van der Waals surface area contributed by atoms with Crippen LogP contribution in [0.3, 0.4) is 0 Å². The average molecular weight is 461 g/mol. The topological polar surface area (TPSA) is 76.0 Å². The van der Waals surface area contributed by atoms with Gasteiger partial charge in [-0.05, 0) is 48.6 Å². The Morgan fingerprint density at radius 1 is 1.12 bits per heavy atom. The van der Waals surface area contributed by atoms with E-state index < -0.39 is 0 Å². The van der Waals surface area contributed by atoms with Crippen molar-refractivity contribution in [2.75, 3.05) is 10.6 Å². The van der Waals surface area contributed by atoms with Gasteiger partial charge in [0.25, 0.3) is 5.91 Å². The van der Waals surface area contributed by atoms with Crippen molar-refractivity contribution in [3.8, 4) is 0 Å². The molecule has 1 unspecified atom stereocenters. The van der Waals surface area contributed by atoms with E-state index in [1.807, 2.05) is 31.2 Å². The van der Waals surface area contributed by atoms with Crippen LogP contribution in [0.15, 0.2) is 66.0 Å². The molecule has 1 aromatic heterocycles. The van der Waals surface area contributed by atoms with Gasteiger partial charge in [0.15, 0.2) is 5.78 Å². The Hall–Kier alpha value is -3.38. The van der Waals surface area contributed by atoms with Crippen LogP contribution in [0, 0.1) is 12.3 Å². The molecule has 1 aliphatic heterocycles. The SMILES string of the molecule is Cc1ccc(C2C3=C(CC(C)(C)CC3=O)Nc3c(C(=O)Nc4ccc(Cl)cc4)cnn32)cc1. The number of aryl methyl sites for hydroxylation is 1. The highest BCUT2D eigenvalue weighted by Crippen LogP contribution is 2.46. The van der Waals surface area contributed by atoms with E-state index in [0.29, 0.717) is 28.5 Å². The molecular weight excluding hydrogens is 436 g/mol. The van der Waals surface area contributed by atoms with Gasteiger partial charge in [0.1, 0.15) is 17.4 Å². The molecule has 168 valence electrons. The van der Waals surface area contributed by atoms with Gasteiger partial charge in [0.05, 0.1) is 6.20 Å². The fourth-order valence-electron chi connectivity index (χ4n) is 4.67. The molecule has 6 nitrogen and oxygen atoms in total. The Kier molecular flexibility index (Phi) is 5.13. The van der Waals surface area contributed by atoms with Crippen LogP contribution in [0.25, 0.3) is 0 Å². The number of benzene rings is 2. The van der Waals surface area contributed by atoms with Crippen molar-refractivity contribution in [3.05, 3.63) is 87.7 Å². The van der Waals surface area contributed by atoms with Gasteiger partial charge in [-0.2, -0.15) is 5.10 Å². The van der Waals surface area contributed by atoms with Crippen LogP contribution in [0.4, 0.5) is 11.5 Å². The molecule has 3 aromatic rings. The summed E-state index contributed by atoms with van der Waals surface area (Å²) in [6, 6.07) is 14.7. The second kappa shape index (κ2) is 7.89. The Morgan fingerprint density at radius 3 is 2.52 bits per heavy atom. The maximum atomic E-state index is 13.3. The normalized spacial score (nSPS) is 18.9. The number of halogens is 1. The standard InChI is InChI=1S/C26H25ClN4O2/c1-15-4-6-16(7-5-15)23-22-20(12-26(2,3)13-21(22)32)30-24-19(14-28-31(23)24)25(33)29-18-10-8-17(27)9-11-18/h4-11,14,23,30H,12-13H2,1-3H3,(H,29,33). The molecule has 0 spiro atoms. The maximum Gasteiger partial charge on any atom is 0.261 e. The highest BCUT2D eigenvalue weighted by atomic mass is 35.5. The Balaban J connectivity index is 1.58. The average Bonchev–Trinajstić information content (AvgIpc) is 3.17. The molecule has 0 bridgehead atoms. The van der Waals surface area contributed by atoms with E-state index in [1.165, 1.54) is 0 Å². The summed E-state index contributed by atoms with van der Waals surface area (Å²) in [5.74, 6) is 0.433. The molecule has 0 radical (unpaired) electrons. The number of ketones is 1. The molecular formula is C26H25ClN4O2. The van der Waals surface area contributed by atoms with Gasteiger partial charge in [-0.3, -0.25) is 9.59 Å². The lowest BCUT2D eigenvalue weighted by Gasteiger charge is -2.39. The van der Waals surface area contributed by atoms with E-state index in [-0.39, 0.29) is 23.1 Å². The van der Waals surface area contributed by atoms with Crippen LogP contribution < -0.4 is 10.6 Å². The second-order valence-electron chi connectivity index (χ2n) is 9.58. The van der Waals surface area contributed by atoms with Gasteiger partial charge in [-0.1, -0.05) is 55.3 Å². The number of anilines is 2. The van der Waals surface area contributed by atoms with Crippen LogP contribution in [0.1, 0.15) is 54.2 Å². The van der Waals surface area contributed by atoms with E-state index in [9.17, 15) is 9.59 Å². The number of nitrogens with zero attached hydrogens (tertiary/aromatic N) is 2. The summed E-state index contributed by atoms with van der Waals surface area (Å²) < 4.78 is 1.76. The lowest BCUT2D eigenvalue weighted by atomic mass is 9.73. The van der Waals surface area contributed by atoms with Crippen LogP contribution >= 0.6 is 11.6 Å². The molecule has 0 saturated heterocycles. The monoisotopic (exact) mass is 460 g/mol. The zero-order chi connectivity index (χ0) is 23.3. The predicted octanol–water partition coefficient (Wildman–Crippen LogP) is 5.76. The third-order valence-corrected chi connectivity index (χ3v) is 6.49. The molecule has 0 saturated carbocycles. The molecule has 33 heavy (non-hydrogen) atoms. The molecule has 1 amide bonds. The van der Waals surface area contributed by atoms with E-state index in [2.05, 4.69) is 29.6 Å². The first kappa shape index (κ1) is 21.5. The molecule has 5 rings (SSSR count). The molecule has 2 N–H and O–H groups in total. The summed E-state index contributed by atoms with van der Waals surface area (Å²) in [6.07, 6.45) is 2.76. The second-order valence-corrected chi connectivity index (χ2v) is 10.0. The number of rotatable bonds is 3. The minimum atomic E-state index is -0.377. The number of allylic oxidation sites excluding steroid dienone is 2. The number of nitrogens with one attached hydrogen (secondary N) is 2. The molecule has 1 aliphatic carbocycles. The molecule has 2 aromatic carbocycles. The minimum absolute atomic E-state index is 0.118. The van der Waals surface area contributed by atoms with Crippen molar-refractivity contribution >= 4 is 34.8 Å². The quantitative estimate of drug-likeness (QED) is 0.521. The number of aromatic nitrogens is 2. The minimum Gasteiger partial charge on any atom is -0.343 e. The molecule has 1 atom stereocenters. The zero-order valence-electron chi connectivity index (χ0n) is 18.8. The van der Waals surface area contributed by atoms with E-state index in [4.69, 9.17) is 11.6 Å². The van der Waals surface area contributed by atoms with Gasteiger partial charge in [-0.25, -0.2) is 4.68 Å². The number of fused-ring (bicyclic) bond motifs is 1. The highest BCUT2D eigenvalue weighted by molar-refractivity contribution is 6.30. The first-order chi connectivity index (χ1) is 15.7. The number of amides is 1. The van der Waals surface area contributed by atoms with Gasteiger partial charge in [0.2, 0.25) is 0 Å². The maximum absolute atomic E-state index is 13.3. The van der Waals surface area contributed by atoms with Crippen molar-refractivity contribution in [1.29, 1.82) is 0 Å². The summed E-state index contributed by atoms with van der Waals surface area (Å²) in [5, 5.41) is 11.5. The van der Waals surface area contributed by atoms with E-state index in [0.717, 1.165) is 28.8 Å². The summed E-state index contributed by atoms with van der Waals surface area (Å²) in [4.78, 5) is 26.4. The molecule has 0 fully saturated rings. The Bertz CT molecular complexity index is 1290. The Labute approximate surface area is 197 Å². The van der Waals surface area contributed by atoms with Gasteiger partial charge in [0, 0.05) is 28.4 Å². The lowest BCUT2D eigenvalue weighted by Crippen LogP contribution is -2.37. The zero-order valence-corrected chi connectivity index (χ0v) is 19.5. The van der Waals surface area contributed by atoms with E-state index in [1.54, 1.807) is 35.1 Å². The first-order valence-electron chi connectivity index (χ1n) is 11.0. The predicted molar refractivity (Wildman–Crippen MR) is 130 cm³/mol. The van der Waals surface area contributed by atoms with Crippen molar-refractivity contribution in [1.82, 2.24) is 9.78 Å². The third-order valence-electron chi connectivity index (χ3n) is 6.24. The lowest BCUT2D eigenvalue weighted by molar-refractivity contribution is -0.118. The number of hydrogen-bond acceptors (Lipinski definition) is 4. The van der Waals surface area contributed by atoms with Crippen molar-refractivity contribution < 1.29 is 9.59 Å². The fraction of sp³-hybridized carbons (Fsp3) is 0.269. The first-order valence-corrected chi connectivity index (χ1v) is 11.3. The Morgan fingerprint density at radius 2 is 1.82 bits per heavy atom. The van der Waals surface area contributed by atoms with E-state index >= 15 is 0 Å². The number of Topliss-reactive ketones (excluding diaryl/α,β-unsaturated/α-hetero) is 1.